The van der Waals surface area contributed by atoms with Crippen molar-refractivity contribution in [3.05, 3.63) is 0 Å². The van der Waals surface area contributed by atoms with Crippen LogP contribution in [-0.4, -0.2) is 58.7 Å². The van der Waals surface area contributed by atoms with Gasteiger partial charge in [0.25, 0.3) is 0 Å². The molecule has 0 fully saturated rings. The molecule has 0 rings (SSSR count). The number of hydrogen-bond acceptors (Lipinski definition) is 4. The van der Waals surface area contributed by atoms with Gasteiger partial charge >= 0.3 is 75.8 Å². The van der Waals surface area contributed by atoms with Crippen molar-refractivity contribution >= 4 is 24.8 Å². The second-order valence-electron chi connectivity index (χ2n) is 1.61. The van der Waals surface area contributed by atoms with Crippen molar-refractivity contribution in [3.63, 3.8) is 0 Å². The summed E-state index contributed by atoms with van der Waals surface area (Å²) in [7, 11) is 4.52. The summed E-state index contributed by atoms with van der Waals surface area (Å²) in [6.45, 7) is 0.304. The zero-order valence-electron chi connectivity index (χ0n) is 6.42. The molecule has 0 aromatic rings. The second kappa shape index (κ2) is 5.37. The van der Waals surface area contributed by atoms with Crippen molar-refractivity contribution in [1.29, 1.82) is 0 Å². The van der Waals surface area contributed by atoms with Crippen LogP contribution in [0.25, 0.3) is 0 Å². The normalized spacial score (nSPS) is 11.9. The van der Waals surface area contributed by atoms with Gasteiger partial charge in [0.2, 0.25) is 0 Å². The minimum atomic E-state index is -1.01. The maximum atomic E-state index is 4.94. The zero-order valence-corrected chi connectivity index (χ0v) is 9.71. The van der Waals surface area contributed by atoms with E-state index >= 15 is 0 Å². The van der Waals surface area contributed by atoms with E-state index in [1.54, 1.807) is 0 Å². The average Bonchev–Trinajstić information content (AvgIpc) is 2.01. The molecule has 0 bridgehead atoms. The molecule has 0 saturated heterocycles. The Kier molecular flexibility index (Phi) is 5.75. The Balaban J connectivity index is 3.87. The third-order valence-electron chi connectivity index (χ3n) is 1.19. The van der Waals surface area contributed by atoms with E-state index in [1.807, 2.05) is 0 Å². The van der Waals surface area contributed by atoms with Gasteiger partial charge < -0.3 is 0 Å². The molecule has 10 heavy (non-hydrogen) atoms. The summed E-state index contributed by atoms with van der Waals surface area (Å²) in [5.74, 6) is -1.01. The molecule has 2 radical (unpaired) electrons. The zero-order chi connectivity index (χ0) is 8.04. The Morgan fingerprint density at radius 3 is 1.60 bits per heavy atom. The molecule has 0 aliphatic heterocycles. The summed E-state index contributed by atoms with van der Waals surface area (Å²) in [4.78, 5) is 0. The molecule has 0 spiro atoms. The molecule has 0 aromatic heterocycles. The van der Waals surface area contributed by atoms with Crippen LogP contribution in [0, 0.1) is 0 Å². The molecule has 0 heterocycles. The third-order valence-corrected chi connectivity index (χ3v) is 1.67. The first kappa shape index (κ1) is 10.7. The van der Waals surface area contributed by atoms with Crippen LogP contribution >= 0.6 is 0 Å². The quantitative estimate of drug-likeness (QED) is 0.626. The van der Waals surface area contributed by atoms with Crippen LogP contribution in [0.2, 0.25) is 0 Å². The molecule has 0 amide bonds. The van der Waals surface area contributed by atoms with Crippen LogP contribution in [0.15, 0.2) is 0 Å². The van der Waals surface area contributed by atoms with E-state index in [0.29, 0.717) is 31.4 Å². The van der Waals surface area contributed by atoms with E-state index in [2.05, 4.69) is 0 Å². The molecule has 0 saturated carbocycles. The standard InChI is InChI=1S/C5H11O4.In/c1-7-5(4-6,8-2)9-3;/h4H2,1-3H3;/q-1;+1. The Bertz CT molecular complexity index is 75.5. The van der Waals surface area contributed by atoms with Crippen LogP contribution in [0.1, 0.15) is 0 Å². The molecule has 58 valence electrons. The molecule has 0 atom stereocenters. The van der Waals surface area contributed by atoms with Crippen molar-refractivity contribution in [2.45, 2.75) is 5.97 Å². The first-order valence-corrected chi connectivity index (χ1v) is 4.06. The monoisotopic (exact) mass is 250 g/mol. The maximum absolute atomic E-state index is 4.94. The molecular weight excluding hydrogens is 239 g/mol. The van der Waals surface area contributed by atoms with Gasteiger partial charge in [0.15, 0.2) is 0 Å². The fourth-order valence-corrected chi connectivity index (χ4v) is 1.11. The fourth-order valence-electron chi connectivity index (χ4n) is 0.529. The van der Waals surface area contributed by atoms with Gasteiger partial charge in [0.1, 0.15) is 0 Å². The first-order chi connectivity index (χ1) is 4.74. The van der Waals surface area contributed by atoms with Crippen LogP contribution in [0.5, 0.6) is 0 Å². The SMILES string of the molecule is COC(C[O][In])(OC)OC. The molecule has 0 aliphatic carbocycles. The Labute approximate surface area is 76.0 Å². The number of rotatable bonds is 5. The molecule has 5 heteroatoms. The van der Waals surface area contributed by atoms with Crippen molar-refractivity contribution < 1.29 is 17.1 Å². The van der Waals surface area contributed by atoms with Gasteiger partial charge in [-0.05, 0) is 0 Å². The van der Waals surface area contributed by atoms with Crippen molar-refractivity contribution in [2.24, 2.45) is 0 Å². The molecule has 0 unspecified atom stereocenters. The Morgan fingerprint density at radius 1 is 1.10 bits per heavy atom. The molecule has 0 N–H and O–H groups in total. The summed E-state index contributed by atoms with van der Waals surface area (Å²) in [5.41, 5.74) is 0. The van der Waals surface area contributed by atoms with Gasteiger partial charge in [0.05, 0.1) is 0 Å². The number of methoxy groups -OCH3 is 3. The van der Waals surface area contributed by atoms with E-state index in [4.69, 9.17) is 17.1 Å². The minimum absolute atomic E-state index is 0.304. The van der Waals surface area contributed by atoms with Gasteiger partial charge in [-0.2, -0.15) is 0 Å². The summed E-state index contributed by atoms with van der Waals surface area (Å²) < 4.78 is 19.7. The van der Waals surface area contributed by atoms with E-state index in [-0.39, 0.29) is 0 Å². The second-order valence-corrected chi connectivity index (χ2v) is 2.56. The molecule has 0 aromatic carbocycles. The van der Waals surface area contributed by atoms with E-state index in [0.717, 1.165) is 0 Å². The Morgan fingerprint density at radius 2 is 1.50 bits per heavy atom. The number of hydrogen-bond donors (Lipinski definition) is 0. The number of ether oxygens (including phenoxy) is 3. The van der Waals surface area contributed by atoms with Gasteiger partial charge in [-0.15, -0.1) is 0 Å². The van der Waals surface area contributed by atoms with Crippen molar-refractivity contribution in [3.8, 4) is 0 Å². The molecule has 0 aliphatic rings. The third kappa shape index (κ3) is 2.75. The van der Waals surface area contributed by atoms with Gasteiger partial charge in [-0.1, -0.05) is 0 Å². The van der Waals surface area contributed by atoms with Crippen LogP contribution < -0.4 is 0 Å². The van der Waals surface area contributed by atoms with E-state index in [1.165, 1.54) is 21.3 Å². The summed E-state index contributed by atoms with van der Waals surface area (Å²) in [6, 6.07) is 0. The summed E-state index contributed by atoms with van der Waals surface area (Å²) in [5, 5.41) is 0. The van der Waals surface area contributed by atoms with E-state index < -0.39 is 5.97 Å². The predicted octanol–water partition coefficient (Wildman–Crippen LogP) is -0.321. The first-order valence-electron chi connectivity index (χ1n) is 2.72. The van der Waals surface area contributed by atoms with Gasteiger partial charge in [0, 0.05) is 0 Å². The Hall–Kier alpha value is 0.710. The fraction of sp³-hybridized carbons (Fsp3) is 1.00. The van der Waals surface area contributed by atoms with Crippen LogP contribution in [0.3, 0.4) is 0 Å². The topological polar surface area (TPSA) is 36.9 Å². The molecule has 4 nitrogen and oxygen atoms in total. The van der Waals surface area contributed by atoms with Gasteiger partial charge in [-0.3, -0.25) is 0 Å². The van der Waals surface area contributed by atoms with Crippen molar-refractivity contribution in [2.75, 3.05) is 27.9 Å². The average molecular weight is 250 g/mol. The predicted molar refractivity (Wildman–Crippen MR) is 35.5 cm³/mol. The van der Waals surface area contributed by atoms with Crippen molar-refractivity contribution in [1.82, 2.24) is 0 Å². The summed E-state index contributed by atoms with van der Waals surface area (Å²) in [6.07, 6.45) is 0. The van der Waals surface area contributed by atoms with Crippen LogP contribution in [-0.2, 0) is 17.1 Å². The van der Waals surface area contributed by atoms with E-state index in [9.17, 15) is 0 Å². The van der Waals surface area contributed by atoms with Crippen LogP contribution in [0.4, 0.5) is 0 Å². The molecular formula is C5H11InO4. The van der Waals surface area contributed by atoms with Gasteiger partial charge in [-0.25, -0.2) is 0 Å². The summed E-state index contributed by atoms with van der Waals surface area (Å²) >= 11 is 0.701.